The fraction of sp³-hybridized carbons (Fsp3) is 0.286. The van der Waals surface area contributed by atoms with Gasteiger partial charge in [-0.05, 0) is 49.6 Å². The Hall–Kier alpha value is -3.35. The second kappa shape index (κ2) is 7.34. The SMILES string of the molecule is Cc1ccccc1NC(=O)COC(=O)c1ccc2c(c1)NC(=O)[C@@H]1CCCN21. The molecule has 1 atom stereocenters. The fourth-order valence-corrected chi connectivity index (χ4v) is 3.67. The summed E-state index contributed by atoms with van der Waals surface area (Å²) in [5, 5.41) is 5.58. The molecule has 2 aliphatic rings. The van der Waals surface area contributed by atoms with Crippen LogP contribution in [-0.2, 0) is 14.3 Å². The Bertz CT molecular complexity index is 956. The normalized spacial score (nSPS) is 17.4. The van der Waals surface area contributed by atoms with E-state index in [1.165, 1.54) is 0 Å². The van der Waals surface area contributed by atoms with Gasteiger partial charge in [-0.25, -0.2) is 4.79 Å². The summed E-state index contributed by atoms with van der Waals surface area (Å²) < 4.78 is 5.13. The van der Waals surface area contributed by atoms with Crippen molar-refractivity contribution in [2.24, 2.45) is 0 Å². The zero-order chi connectivity index (χ0) is 19.7. The number of carbonyl (C=O) groups excluding carboxylic acids is 3. The summed E-state index contributed by atoms with van der Waals surface area (Å²) in [4.78, 5) is 38.7. The van der Waals surface area contributed by atoms with Crippen molar-refractivity contribution in [2.75, 3.05) is 28.7 Å². The molecule has 2 aromatic rings. The molecule has 1 saturated heterocycles. The molecule has 2 aliphatic heterocycles. The van der Waals surface area contributed by atoms with E-state index in [1.54, 1.807) is 18.2 Å². The highest BCUT2D eigenvalue weighted by Crippen LogP contribution is 2.37. The molecule has 7 heteroatoms. The van der Waals surface area contributed by atoms with E-state index in [-0.39, 0.29) is 18.6 Å². The van der Waals surface area contributed by atoms with Crippen molar-refractivity contribution in [3.63, 3.8) is 0 Å². The molecule has 7 nitrogen and oxygen atoms in total. The molecule has 0 radical (unpaired) electrons. The van der Waals surface area contributed by atoms with Crippen molar-refractivity contribution in [1.82, 2.24) is 0 Å². The van der Waals surface area contributed by atoms with Gasteiger partial charge in [-0.2, -0.15) is 0 Å². The van der Waals surface area contributed by atoms with Gasteiger partial charge in [0.05, 0.1) is 16.9 Å². The number of nitrogens with zero attached hydrogens (tertiary/aromatic N) is 1. The van der Waals surface area contributed by atoms with E-state index in [2.05, 4.69) is 15.5 Å². The van der Waals surface area contributed by atoms with Gasteiger partial charge in [0.1, 0.15) is 6.04 Å². The van der Waals surface area contributed by atoms with Gasteiger partial charge in [0.15, 0.2) is 6.61 Å². The van der Waals surface area contributed by atoms with Crippen LogP contribution >= 0.6 is 0 Å². The number of amides is 2. The van der Waals surface area contributed by atoms with Gasteiger partial charge >= 0.3 is 5.97 Å². The third-order valence-corrected chi connectivity index (χ3v) is 5.11. The first-order valence-electron chi connectivity index (χ1n) is 9.27. The molecule has 0 saturated carbocycles. The van der Waals surface area contributed by atoms with Crippen molar-refractivity contribution in [1.29, 1.82) is 0 Å². The highest BCUT2D eigenvalue weighted by atomic mass is 16.5. The third-order valence-electron chi connectivity index (χ3n) is 5.11. The molecule has 4 rings (SSSR count). The molecule has 0 bridgehead atoms. The Morgan fingerprint density at radius 2 is 2.07 bits per heavy atom. The first-order chi connectivity index (χ1) is 13.5. The first kappa shape index (κ1) is 18.0. The van der Waals surface area contributed by atoms with Gasteiger partial charge in [-0.15, -0.1) is 0 Å². The van der Waals surface area contributed by atoms with Crippen molar-refractivity contribution >= 4 is 34.8 Å². The Balaban J connectivity index is 1.40. The van der Waals surface area contributed by atoms with Crippen molar-refractivity contribution in [3.8, 4) is 0 Å². The Labute approximate surface area is 162 Å². The predicted molar refractivity (Wildman–Crippen MR) is 106 cm³/mol. The lowest BCUT2D eigenvalue weighted by atomic mass is 10.1. The van der Waals surface area contributed by atoms with Gasteiger partial charge in [-0.3, -0.25) is 9.59 Å². The molecule has 2 heterocycles. The van der Waals surface area contributed by atoms with Crippen molar-refractivity contribution < 1.29 is 19.1 Å². The molecule has 0 aliphatic carbocycles. The summed E-state index contributed by atoms with van der Waals surface area (Å²) in [5.74, 6) is -1.07. The van der Waals surface area contributed by atoms with Crippen molar-refractivity contribution in [3.05, 3.63) is 53.6 Å². The number of fused-ring (bicyclic) bond motifs is 3. The Morgan fingerprint density at radius 1 is 1.25 bits per heavy atom. The molecular weight excluding hydrogens is 358 g/mol. The van der Waals surface area contributed by atoms with E-state index in [0.29, 0.717) is 16.9 Å². The summed E-state index contributed by atoms with van der Waals surface area (Å²) in [6.07, 6.45) is 1.81. The maximum absolute atomic E-state index is 12.3. The molecule has 28 heavy (non-hydrogen) atoms. The number of aryl methyl sites for hydroxylation is 1. The summed E-state index contributed by atoms with van der Waals surface area (Å²) in [6, 6.07) is 12.3. The number of ether oxygens (including phenoxy) is 1. The van der Waals surface area contributed by atoms with Gasteiger partial charge in [-0.1, -0.05) is 18.2 Å². The van der Waals surface area contributed by atoms with E-state index < -0.39 is 11.9 Å². The van der Waals surface area contributed by atoms with Crippen molar-refractivity contribution in [2.45, 2.75) is 25.8 Å². The summed E-state index contributed by atoms with van der Waals surface area (Å²) in [7, 11) is 0. The second-order valence-corrected chi connectivity index (χ2v) is 7.01. The molecule has 0 spiro atoms. The number of esters is 1. The summed E-state index contributed by atoms with van der Waals surface area (Å²) >= 11 is 0. The number of rotatable bonds is 4. The minimum Gasteiger partial charge on any atom is -0.452 e. The van der Waals surface area contributed by atoms with Crippen LogP contribution in [-0.4, -0.2) is 37.0 Å². The zero-order valence-corrected chi connectivity index (χ0v) is 15.5. The first-order valence-corrected chi connectivity index (χ1v) is 9.27. The number of benzene rings is 2. The molecule has 2 aromatic carbocycles. The van der Waals surface area contributed by atoms with Crippen LogP contribution in [0, 0.1) is 6.92 Å². The molecule has 0 aromatic heterocycles. The van der Waals surface area contributed by atoms with E-state index in [1.807, 2.05) is 31.2 Å². The highest BCUT2D eigenvalue weighted by molar-refractivity contribution is 6.05. The van der Waals surface area contributed by atoms with Crippen LogP contribution in [0.25, 0.3) is 0 Å². The third kappa shape index (κ3) is 3.43. The number of hydrogen-bond donors (Lipinski definition) is 2. The number of para-hydroxylation sites is 1. The number of anilines is 3. The van der Waals surface area contributed by atoms with Gasteiger partial charge < -0.3 is 20.3 Å². The average Bonchev–Trinajstić information content (AvgIpc) is 3.18. The molecule has 144 valence electrons. The fourth-order valence-electron chi connectivity index (χ4n) is 3.67. The lowest BCUT2D eigenvalue weighted by Crippen LogP contribution is -2.43. The van der Waals surface area contributed by atoms with E-state index >= 15 is 0 Å². The topological polar surface area (TPSA) is 87.7 Å². The molecule has 1 fully saturated rings. The Morgan fingerprint density at radius 3 is 2.89 bits per heavy atom. The van der Waals surface area contributed by atoms with Crippen LogP contribution in [0.1, 0.15) is 28.8 Å². The van der Waals surface area contributed by atoms with Crippen LogP contribution in [0.3, 0.4) is 0 Å². The summed E-state index contributed by atoms with van der Waals surface area (Å²) in [6.45, 7) is 2.33. The van der Waals surface area contributed by atoms with Crippen LogP contribution in [0.2, 0.25) is 0 Å². The smallest absolute Gasteiger partial charge is 0.338 e. The van der Waals surface area contributed by atoms with Crippen LogP contribution in [0.4, 0.5) is 17.1 Å². The van der Waals surface area contributed by atoms with Crippen LogP contribution < -0.4 is 15.5 Å². The predicted octanol–water partition coefficient (Wildman–Crippen LogP) is 2.71. The lowest BCUT2D eigenvalue weighted by molar-refractivity contribution is -0.119. The van der Waals surface area contributed by atoms with E-state index in [0.717, 1.165) is 30.6 Å². The van der Waals surface area contributed by atoms with Crippen LogP contribution in [0.5, 0.6) is 0 Å². The average molecular weight is 379 g/mol. The van der Waals surface area contributed by atoms with Crippen LogP contribution in [0.15, 0.2) is 42.5 Å². The molecule has 0 unspecified atom stereocenters. The van der Waals surface area contributed by atoms with Gasteiger partial charge in [0.25, 0.3) is 5.91 Å². The quantitative estimate of drug-likeness (QED) is 0.798. The monoisotopic (exact) mass is 379 g/mol. The zero-order valence-electron chi connectivity index (χ0n) is 15.5. The molecular formula is C21H21N3O4. The maximum atomic E-state index is 12.3. The van der Waals surface area contributed by atoms with Gasteiger partial charge in [0, 0.05) is 12.2 Å². The largest absolute Gasteiger partial charge is 0.452 e. The number of carbonyl (C=O) groups is 3. The second-order valence-electron chi connectivity index (χ2n) is 7.01. The molecule has 2 amide bonds. The number of hydrogen-bond acceptors (Lipinski definition) is 5. The van der Waals surface area contributed by atoms with Gasteiger partial charge in [0.2, 0.25) is 5.91 Å². The number of nitrogens with one attached hydrogen (secondary N) is 2. The maximum Gasteiger partial charge on any atom is 0.338 e. The Kier molecular flexibility index (Phi) is 4.73. The minimum absolute atomic E-state index is 0.0480. The van der Waals surface area contributed by atoms with E-state index in [4.69, 9.17) is 4.74 Å². The van der Waals surface area contributed by atoms with E-state index in [9.17, 15) is 14.4 Å². The standard InChI is InChI=1S/C21H21N3O4/c1-13-5-2-3-6-15(13)22-19(25)12-28-21(27)14-8-9-17-16(11-14)23-20(26)18-7-4-10-24(17)18/h2-3,5-6,8-9,11,18H,4,7,10,12H2,1H3,(H,22,25)(H,23,26)/t18-/m0/s1. The highest BCUT2D eigenvalue weighted by Gasteiger charge is 2.36. The minimum atomic E-state index is -0.611. The summed E-state index contributed by atoms with van der Waals surface area (Å²) in [5.41, 5.74) is 3.41. The molecule has 2 N–H and O–H groups in total. The lowest BCUT2D eigenvalue weighted by Gasteiger charge is -2.33.